The van der Waals surface area contributed by atoms with Gasteiger partial charge in [-0.25, -0.2) is 10.9 Å². The first-order valence-electron chi connectivity index (χ1n) is 5.97. The van der Waals surface area contributed by atoms with Gasteiger partial charge in [0.15, 0.2) is 11.6 Å². The summed E-state index contributed by atoms with van der Waals surface area (Å²) in [5, 5.41) is 22.2. The molecular formula is C11H17N7. The van der Waals surface area contributed by atoms with Crippen molar-refractivity contribution in [2.24, 2.45) is 10.9 Å². The van der Waals surface area contributed by atoms with Crippen molar-refractivity contribution in [2.45, 2.75) is 32.7 Å². The van der Waals surface area contributed by atoms with Crippen molar-refractivity contribution >= 4 is 23.1 Å². The fraction of sp³-hybridized carbons (Fsp3) is 0.455. The minimum Gasteiger partial charge on any atom is -0.307 e. The van der Waals surface area contributed by atoms with E-state index in [0.717, 1.165) is 18.6 Å². The van der Waals surface area contributed by atoms with Gasteiger partial charge in [-0.05, 0) is 25.0 Å². The summed E-state index contributed by atoms with van der Waals surface area (Å²) in [7, 11) is 0. The number of hydrogen-bond acceptors (Lipinski definition) is 7. The van der Waals surface area contributed by atoms with E-state index in [0.29, 0.717) is 17.3 Å². The molecule has 0 radical (unpaired) electrons. The average Bonchev–Trinajstić information content (AvgIpc) is 2.75. The van der Waals surface area contributed by atoms with Crippen molar-refractivity contribution in [1.82, 2.24) is 10.2 Å². The lowest BCUT2D eigenvalue weighted by Gasteiger charge is -2.20. The van der Waals surface area contributed by atoms with Crippen LogP contribution in [-0.4, -0.2) is 27.7 Å². The summed E-state index contributed by atoms with van der Waals surface area (Å²) in [6, 6.07) is 3.48. The second kappa shape index (κ2) is 5.09. The highest BCUT2D eigenvalue weighted by Crippen LogP contribution is 2.23. The molecule has 1 aliphatic rings. The maximum absolute atomic E-state index is 8.07. The van der Waals surface area contributed by atoms with E-state index in [4.69, 9.17) is 11.3 Å². The molecule has 0 bridgehead atoms. The first kappa shape index (κ1) is 12.4. The zero-order chi connectivity index (χ0) is 13.1. The number of nitrogens with zero attached hydrogens (tertiary/aromatic N) is 4. The van der Waals surface area contributed by atoms with Crippen LogP contribution in [0.25, 0.3) is 0 Å². The number of hydrogen-bond donors (Lipinski definition) is 3. The molecule has 1 aromatic heterocycles. The van der Waals surface area contributed by atoms with Gasteiger partial charge in [-0.1, -0.05) is 13.8 Å². The van der Waals surface area contributed by atoms with E-state index in [9.17, 15) is 0 Å². The molecule has 0 saturated heterocycles. The van der Waals surface area contributed by atoms with Crippen LogP contribution < -0.4 is 16.3 Å². The van der Waals surface area contributed by atoms with Crippen LogP contribution in [0.1, 0.15) is 26.7 Å². The van der Waals surface area contributed by atoms with Crippen molar-refractivity contribution in [1.29, 1.82) is 5.41 Å². The van der Waals surface area contributed by atoms with Crippen molar-refractivity contribution < 1.29 is 0 Å². The molecule has 18 heavy (non-hydrogen) atoms. The van der Waals surface area contributed by atoms with Crippen LogP contribution >= 0.6 is 0 Å². The number of nitrogens with one attached hydrogen (secondary N) is 2. The molecule has 1 atom stereocenters. The number of aromatic nitrogens is 2. The Labute approximate surface area is 106 Å². The third kappa shape index (κ3) is 2.04. The molecule has 0 fully saturated rings. The smallest absolute Gasteiger partial charge is 0.172 e. The van der Waals surface area contributed by atoms with E-state index in [2.05, 4.69) is 20.7 Å². The Bertz CT molecular complexity index is 465. The van der Waals surface area contributed by atoms with Crippen molar-refractivity contribution in [3.63, 3.8) is 0 Å². The van der Waals surface area contributed by atoms with Crippen LogP contribution in [0.4, 0.5) is 11.6 Å². The van der Waals surface area contributed by atoms with Gasteiger partial charge in [0.25, 0.3) is 0 Å². The molecule has 2 heterocycles. The number of rotatable bonds is 4. The van der Waals surface area contributed by atoms with Crippen molar-refractivity contribution in [3.05, 3.63) is 12.1 Å². The normalized spacial score (nSPS) is 19.1. The van der Waals surface area contributed by atoms with Crippen LogP contribution in [0.5, 0.6) is 0 Å². The molecule has 1 unspecified atom stereocenters. The number of anilines is 2. The van der Waals surface area contributed by atoms with Gasteiger partial charge in [0.1, 0.15) is 0 Å². The van der Waals surface area contributed by atoms with Gasteiger partial charge in [0, 0.05) is 0 Å². The molecule has 0 amide bonds. The van der Waals surface area contributed by atoms with Crippen LogP contribution in [0, 0.1) is 5.41 Å². The maximum Gasteiger partial charge on any atom is 0.172 e. The Balaban J connectivity index is 2.30. The molecule has 1 aliphatic heterocycles. The fourth-order valence-electron chi connectivity index (χ4n) is 1.94. The lowest BCUT2D eigenvalue weighted by Crippen LogP contribution is -2.33. The minimum absolute atomic E-state index is 0.0501. The van der Waals surface area contributed by atoms with E-state index in [1.54, 1.807) is 17.1 Å². The quantitative estimate of drug-likeness (QED) is 0.547. The van der Waals surface area contributed by atoms with Gasteiger partial charge < -0.3 is 10.8 Å². The zero-order valence-electron chi connectivity index (χ0n) is 10.5. The summed E-state index contributed by atoms with van der Waals surface area (Å²) < 4.78 is 0. The molecule has 2 rings (SSSR count). The van der Waals surface area contributed by atoms with Gasteiger partial charge in [-0.15, -0.1) is 10.2 Å². The summed E-state index contributed by atoms with van der Waals surface area (Å²) in [6.45, 7) is 4.03. The molecule has 7 nitrogen and oxygen atoms in total. The van der Waals surface area contributed by atoms with E-state index in [1.165, 1.54) is 0 Å². The number of hydrazone groups is 1. The van der Waals surface area contributed by atoms with Crippen LogP contribution in [0.15, 0.2) is 17.2 Å². The van der Waals surface area contributed by atoms with Gasteiger partial charge >= 0.3 is 0 Å². The first-order chi connectivity index (χ1) is 8.71. The standard InChI is InChI=1S/C11H17N7/c1-3-7-11(12)8(4-2)18(17-7)10-6-5-9(14-13)15-16-10/h5-6,8,12H,3-4,13H2,1-2H3,(H,14,15). The predicted octanol–water partition coefficient (Wildman–Crippen LogP) is 1.15. The Morgan fingerprint density at radius 3 is 2.67 bits per heavy atom. The first-order valence-corrected chi connectivity index (χ1v) is 5.97. The van der Waals surface area contributed by atoms with E-state index >= 15 is 0 Å². The van der Waals surface area contributed by atoms with Gasteiger partial charge in [-0.2, -0.15) is 5.10 Å². The summed E-state index contributed by atoms with van der Waals surface area (Å²) in [5.74, 6) is 6.38. The van der Waals surface area contributed by atoms with Crippen molar-refractivity contribution in [2.75, 3.05) is 10.4 Å². The summed E-state index contributed by atoms with van der Waals surface area (Å²) in [5.41, 5.74) is 3.81. The SMILES string of the molecule is CCC1=NN(c2ccc(NN)nn2)C(CC)C1=N. The molecule has 4 N–H and O–H groups in total. The molecule has 0 saturated carbocycles. The van der Waals surface area contributed by atoms with Crippen LogP contribution in [-0.2, 0) is 0 Å². The predicted molar refractivity (Wildman–Crippen MR) is 71.9 cm³/mol. The highest BCUT2D eigenvalue weighted by molar-refractivity contribution is 6.45. The second-order valence-electron chi connectivity index (χ2n) is 4.00. The van der Waals surface area contributed by atoms with Gasteiger partial charge in [0.2, 0.25) is 0 Å². The van der Waals surface area contributed by atoms with E-state index in [1.807, 2.05) is 13.8 Å². The topological polar surface area (TPSA) is 103 Å². The summed E-state index contributed by atoms with van der Waals surface area (Å²) in [4.78, 5) is 0. The molecule has 0 aliphatic carbocycles. The molecule has 96 valence electrons. The number of hydrazine groups is 1. The van der Waals surface area contributed by atoms with E-state index < -0.39 is 0 Å². The third-order valence-electron chi connectivity index (χ3n) is 2.92. The van der Waals surface area contributed by atoms with E-state index in [-0.39, 0.29) is 6.04 Å². The third-order valence-corrected chi connectivity index (χ3v) is 2.92. The number of nitrogens with two attached hydrogens (primary N) is 1. The Morgan fingerprint density at radius 2 is 2.17 bits per heavy atom. The van der Waals surface area contributed by atoms with Crippen LogP contribution in [0.3, 0.4) is 0 Å². The Morgan fingerprint density at radius 1 is 1.39 bits per heavy atom. The van der Waals surface area contributed by atoms with Crippen molar-refractivity contribution in [3.8, 4) is 0 Å². The molecular weight excluding hydrogens is 230 g/mol. The summed E-state index contributed by atoms with van der Waals surface area (Å²) >= 11 is 0. The lowest BCUT2D eigenvalue weighted by atomic mass is 10.0. The highest BCUT2D eigenvalue weighted by Gasteiger charge is 2.31. The highest BCUT2D eigenvalue weighted by atomic mass is 15.5. The molecule has 1 aromatic rings. The van der Waals surface area contributed by atoms with Gasteiger partial charge in [0.05, 0.1) is 17.5 Å². The molecule has 7 heteroatoms. The zero-order valence-corrected chi connectivity index (χ0v) is 10.5. The molecule has 0 spiro atoms. The lowest BCUT2D eigenvalue weighted by molar-refractivity contribution is 0.721. The Kier molecular flexibility index (Phi) is 3.52. The monoisotopic (exact) mass is 247 g/mol. The summed E-state index contributed by atoms with van der Waals surface area (Å²) in [6.07, 6.45) is 1.56. The molecule has 0 aromatic carbocycles. The fourth-order valence-corrected chi connectivity index (χ4v) is 1.94. The minimum atomic E-state index is -0.0501. The largest absolute Gasteiger partial charge is 0.307 e. The Hall–Kier alpha value is -2.02. The maximum atomic E-state index is 8.07. The number of nitrogen functional groups attached to an aromatic ring is 1. The second-order valence-corrected chi connectivity index (χ2v) is 4.00. The van der Waals surface area contributed by atoms with Gasteiger partial charge in [-0.3, -0.25) is 0 Å². The average molecular weight is 247 g/mol. The van der Waals surface area contributed by atoms with Crippen LogP contribution in [0.2, 0.25) is 0 Å².